The standard InChI is InChI=1S/C10H15N3S/c11-4-1-2-10-12-6-8-3-5-14-7-9(8)13-10/h6H,1-5,7,11H2. The Labute approximate surface area is 88.5 Å². The maximum atomic E-state index is 5.45. The molecule has 0 aromatic carbocycles. The summed E-state index contributed by atoms with van der Waals surface area (Å²) in [5.74, 6) is 3.21. The first kappa shape index (κ1) is 9.93. The summed E-state index contributed by atoms with van der Waals surface area (Å²) in [5.41, 5.74) is 8.03. The van der Waals surface area contributed by atoms with Crippen LogP contribution in [-0.2, 0) is 18.6 Å². The molecule has 0 aliphatic carbocycles. The molecule has 0 atom stereocenters. The lowest BCUT2D eigenvalue weighted by Crippen LogP contribution is -2.10. The second-order valence-corrected chi connectivity index (χ2v) is 4.56. The van der Waals surface area contributed by atoms with Crippen LogP contribution in [0.15, 0.2) is 6.20 Å². The van der Waals surface area contributed by atoms with Gasteiger partial charge in [-0.1, -0.05) is 0 Å². The van der Waals surface area contributed by atoms with Crippen LogP contribution >= 0.6 is 11.8 Å². The Balaban J connectivity index is 2.12. The Hall–Kier alpha value is -0.610. The van der Waals surface area contributed by atoms with E-state index in [0.29, 0.717) is 0 Å². The molecule has 0 fully saturated rings. The predicted octanol–water partition coefficient (Wildman–Crippen LogP) is 1.16. The van der Waals surface area contributed by atoms with E-state index in [1.807, 2.05) is 18.0 Å². The number of rotatable bonds is 3. The number of hydrogen-bond donors (Lipinski definition) is 1. The maximum Gasteiger partial charge on any atom is 0.128 e. The molecule has 2 heterocycles. The fraction of sp³-hybridized carbons (Fsp3) is 0.600. The molecule has 0 unspecified atom stereocenters. The average Bonchev–Trinajstić information content (AvgIpc) is 2.26. The molecule has 0 amide bonds. The van der Waals surface area contributed by atoms with E-state index in [9.17, 15) is 0 Å². The molecule has 1 aliphatic heterocycles. The smallest absolute Gasteiger partial charge is 0.128 e. The van der Waals surface area contributed by atoms with Gasteiger partial charge in [-0.25, -0.2) is 9.97 Å². The normalized spacial score (nSPS) is 15.2. The Kier molecular flexibility index (Phi) is 3.37. The van der Waals surface area contributed by atoms with E-state index in [2.05, 4.69) is 9.97 Å². The Morgan fingerprint density at radius 1 is 1.50 bits per heavy atom. The third-order valence-electron chi connectivity index (χ3n) is 2.36. The molecule has 4 heteroatoms. The molecule has 0 radical (unpaired) electrons. The quantitative estimate of drug-likeness (QED) is 0.811. The molecule has 1 aromatic rings. The van der Waals surface area contributed by atoms with Crippen molar-refractivity contribution in [2.45, 2.75) is 25.0 Å². The van der Waals surface area contributed by atoms with E-state index in [4.69, 9.17) is 5.73 Å². The van der Waals surface area contributed by atoms with Crippen molar-refractivity contribution < 1.29 is 0 Å². The van der Waals surface area contributed by atoms with Crippen molar-refractivity contribution in [3.63, 3.8) is 0 Å². The molecule has 3 nitrogen and oxygen atoms in total. The van der Waals surface area contributed by atoms with Gasteiger partial charge in [0.15, 0.2) is 0 Å². The largest absolute Gasteiger partial charge is 0.330 e. The lowest BCUT2D eigenvalue weighted by molar-refractivity contribution is 0.766. The van der Waals surface area contributed by atoms with E-state index in [1.165, 1.54) is 17.0 Å². The van der Waals surface area contributed by atoms with Crippen LogP contribution in [0.3, 0.4) is 0 Å². The minimum Gasteiger partial charge on any atom is -0.330 e. The van der Waals surface area contributed by atoms with Crippen LogP contribution in [0.5, 0.6) is 0 Å². The van der Waals surface area contributed by atoms with Gasteiger partial charge in [0.1, 0.15) is 5.82 Å². The zero-order valence-corrected chi connectivity index (χ0v) is 9.02. The Bertz CT molecular complexity index is 314. The molecule has 1 aromatic heterocycles. The van der Waals surface area contributed by atoms with Gasteiger partial charge in [0.2, 0.25) is 0 Å². The highest BCUT2D eigenvalue weighted by molar-refractivity contribution is 7.98. The number of fused-ring (bicyclic) bond motifs is 1. The summed E-state index contributed by atoms with van der Waals surface area (Å²) in [7, 11) is 0. The zero-order valence-electron chi connectivity index (χ0n) is 8.20. The van der Waals surface area contributed by atoms with Crippen molar-refractivity contribution in [2.24, 2.45) is 5.73 Å². The van der Waals surface area contributed by atoms with E-state index in [1.54, 1.807) is 0 Å². The summed E-state index contributed by atoms with van der Waals surface area (Å²) in [6.07, 6.45) is 5.01. The SMILES string of the molecule is NCCCc1ncc2c(n1)CSCC2. The van der Waals surface area contributed by atoms with E-state index < -0.39 is 0 Å². The zero-order chi connectivity index (χ0) is 9.80. The first-order chi connectivity index (χ1) is 6.90. The number of aromatic nitrogens is 2. The molecule has 0 bridgehead atoms. The van der Waals surface area contributed by atoms with Crippen LogP contribution in [0.4, 0.5) is 0 Å². The van der Waals surface area contributed by atoms with Gasteiger partial charge < -0.3 is 5.73 Å². The lowest BCUT2D eigenvalue weighted by Gasteiger charge is -2.14. The molecule has 0 saturated carbocycles. The summed E-state index contributed by atoms with van der Waals surface area (Å²) in [4.78, 5) is 8.92. The summed E-state index contributed by atoms with van der Waals surface area (Å²) < 4.78 is 0. The Morgan fingerprint density at radius 2 is 2.43 bits per heavy atom. The van der Waals surface area contributed by atoms with Crippen LogP contribution in [0.25, 0.3) is 0 Å². The summed E-state index contributed by atoms with van der Waals surface area (Å²) >= 11 is 1.96. The third-order valence-corrected chi connectivity index (χ3v) is 3.33. The topological polar surface area (TPSA) is 51.8 Å². The number of hydrogen-bond acceptors (Lipinski definition) is 4. The lowest BCUT2D eigenvalue weighted by atomic mass is 10.2. The van der Waals surface area contributed by atoms with Gasteiger partial charge in [0, 0.05) is 18.4 Å². The minimum absolute atomic E-state index is 0.717. The van der Waals surface area contributed by atoms with Crippen LogP contribution < -0.4 is 5.73 Å². The number of aryl methyl sites for hydroxylation is 2. The van der Waals surface area contributed by atoms with Crippen molar-refractivity contribution in [3.05, 3.63) is 23.3 Å². The Morgan fingerprint density at radius 3 is 3.29 bits per heavy atom. The van der Waals surface area contributed by atoms with E-state index >= 15 is 0 Å². The third kappa shape index (κ3) is 2.25. The highest BCUT2D eigenvalue weighted by Gasteiger charge is 2.11. The van der Waals surface area contributed by atoms with Crippen LogP contribution in [0.2, 0.25) is 0 Å². The first-order valence-corrected chi connectivity index (χ1v) is 6.17. The fourth-order valence-electron chi connectivity index (χ4n) is 1.55. The molecule has 1 aliphatic rings. The van der Waals surface area contributed by atoms with Crippen molar-refractivity contribution in [1.29, 1.82) is 0 Å². The van der Waals surface area contributed by atoms with Gasteiger partial charge in [-0.3, -0.25) is 0 Å². The number of nitrogens with zero attached hydrogens (tertiary/aromatic N) is 2. The molecule has 0 saturated heterocycles. The van der Waals surface area contributed by atoms with Gasteiger partial charge in [0.25, 0.3) is 0 Å². The number of nitrogens with two attached hydrogens (primary N) is 1. The highest BCUT2D eigenvalue weighted by atomic mass is 32.2. The summed E-state index contributed by atoms with van der Waals surface area (Å²) in [6, 6.07) is 0. The molecule has 14 heavy (non-hydrogen) atoms. The molecular weight excluding hydrogens is 194 g/mol. The molecule has 2 N–H and O–H groups in total. The predicted molar refractivity (Wildman–Crippen MR) is 59.3 cm³/mol. The summed E-state index contributed by atoms with van der Waals surface area (Å²) in [6.45, 7) is 0.717. The van der Waals surface area contributed by atoms with Crippen molar-refractivity contribution in [3.8, 4) is 0 Å². The van der Waals surface area contributed by atoms with Crippen LogP contribution in [0, 0.1) is 0 Å². The van der Waals surface area contributed by atoms with Crippen LogP contribution in [-0.4, -0.2) is 22.3 Å². The van der Waals surface area contributed by atoms with E-state index in [-0.39, 0.29) is 0 Å². The van der Waals surface area contributed by atoms with Gasteiger partial charge in [0.05, 0.1) is 5.69 Å². The van der Waals surface area contributed by atoms with Gasteiger partial charge in [-0.2, -0.15) is 11.8 Å². The molecule has 0 spiro atoms. The second kappa shape index (κ2) is 4.75. The van der Waals surface area contributed by atoms with Crippen molar-refractivity contribution in [2.75, 3.05) is 12.3 Å². The van der Waals surface area contributed by atoms with Crippen molar-refractivity contribution >= 4 is 11.8 Å². The average molecular weight is 209 g/mol. The van der Waals surface area contributed by atoms with Gasteiger partial charge in [-0.05, 0) is 30.7 Å². The van der Waals surface area contributed by atoms with Gasteiger partial charge >= 0.3 is 0 Å². The monoisotopic (exact) mass is 209 g/mol. The first-order valence-electron chi connectivity index (χ1n) is 5.01. The fourth-order valence-corrected chi connectivity index (χ4v) is 2.50. The highest BCUT2D eigenvalue weighted by Crippen LogP contribution is 2.22. The van der Waals surface area contributed by atoms with Gasteiger partial charge in [-0.15, -0.1) is 0 Å². The minimum atomic E-state index is 0.717. The maximum absolute atomic E-state index is 5.45. The number of thioether (sulfide) groups is 1. The van der Waals surface area contributed by atoms with Crippen LogP contribution in [0.1, 0.15) is 23.5 Å². The molecular formula is C10H15N3S. The molecule has 76 valence electrons. The molecule has 2 rings (SSSR count). The van der Waals surface area contributed by atoms with E-state index in [0.717, 1.165) is 37.4 Å². The van der Waals surface area contributed by atoms with Crippen molar-refractivity contribution in [1.82, 2.24) is 9.97 Å². The summed E-state index contributed by atoms with van der Waals surface area (Å²) in [5, 5.41) is 0. The second-order valence-electron chi connectivity index (χ2n) is 3.45.